The summed E-state index contributed by atoms with van der Waals surface area (Å²) < 4.78 is 15.4. The molecule has 10 nitrogen and oxygen atoms in total. The molecule has 0 fully saturated rings. The maximum Gasteiger partial charge on any atom is 0.0701 e. The highest BCUT2D eigenvalue weighted by Gasteiger charge is 1.90. The van der Waals surface area contributed by atoms with Gasteiger partial charge in [-0.2, -0.15) is 0 Å². The van der Waals surface area contributed by atoms with Crippen LogP contribution in [0.25, 0.3) is 26.4 Å². The van der Waals surface area contributed by atoms with Crippen molar-refractivity contribution in [3.8, 4) is 0 Å². The molecule has 10 heteroatoms. The summed E-state index contributed by atoms with van der Waals surface area (Å²) in [5.41, 5.74) is 26.7. The Morgan fingerprint density at radius 1 is 0.833 bits per heavy atom. The normalized spacial score (nSPS) is 8.72. The minimum atomic E-state index is 0.357. The molecule has 0 atom stereocenters. The van der Waals surface area contributed by atoms with Gasteiger partial charge < -0.3 is 31.0 Å². The van der Waals surface area contributed by atoms with Crippen molar-refractivity contribution in [3.63, 3.8) is 0 Å². The minimum Gasteiger partial charge on any atom is -0.379 e. The third-order valence-electron chi connectivity index (χ3n) is 1.41. The monoisotopic (exact) mass is 260 g/mol. The second-order valence-electron chi connectivity index (χ2n) is 2.67. The zero-order chi connectivity index (χ0) is 13.9. The molecule has 104 valence electrons. The van der Waals surface area contributed by atoms with Gasteiger partial charge in [-0.1, -0.05) is 5.11 Å². The van der Waals surface area contributed by atoms with Gasteiger partial charge in [-0.15, -0.1) is 0 Å². The standard InChI is InChI=1S/C8H18N4O3.N3/c9-1-3-13-5-7-15-8-6-14-4-2-11-12-10;1-3-2/h1-9H2;/q;-1. The molecule has 0 aromatic carbocycles. The summed E-state index contributed by atoms with van der Waals surface area (Å²) in [6.07, 6.45) is 0. The molecule has 0 amide bonds. The van der Waals surface area contributed by atoms with Crippen molar-refractivity contribution in [3.05, 3.63) is 26.4 Å². The largest absolute Gasteiger partial charge is 0.379 e. The van der Waals surface area contributed by atoms with E-state index in [1.165, 1.54) is 4.91 Å². The lowest BCUT2D eigenvalue weighted by atomic mass is 10.7. The van der Waals surface area contributed by atoms with Crippen molar-refractivity contribution in [2.24, 2.45) is 10.8 Å². The third-order valence-corrected chi connectivity index (χ3v) is 1.41. The quantitative estimate of drug-likeness (QED) is 0.255. The van der Waals surface area contributed by atoms with Crippen LogP contribution in [0.5, 0.6) is 0 Å². The molecule has 0 aliphatic rings. The van der Waals surface area contributed by atoms with E-state index >= 15 is 0 Å². The van der Waals surface area contributed by atoms with Gasteiger partial charge in [0.1, 0.15) is 0 Å². The molecule has 0 radical (unpaired) electrons. The predicted molar refractivity (Wildman–Crippen MR) is 65.6 cm³/mol. The number of azide groups is 1. The topological polar surface area (TPSA) is 161 Å². The highest BCUT2D eigenvalue weighted by molar-refractivity contribution is 4.44. The summed E-state index contributed by atoms with van der Waals surface area (Å²) in [6, 6.07) is 0. The lowest BCUT2D eigenvalue weighted by Crippen LogP contribution is -2.13. The Morgan fingerprint density at radius 2 is 1.28 bits per heavy atom. The van der Waals surface area contributed by atoms with E-state index < -0.39 is 0 Å². The van der Waals surface area contributed by atoms with Gasteiger partial charge in [0, 0.05) is 18.0 Å². The number of hydrogen-bond donors (Lipinski definition) is 1. The van der Waals surface area contributed by atoms with Crippen LogP contribution in [0.4, 0.5) is 0 Å². The first kappa shape index (κ1) is 18.8. The summed E-state index contributed by atoms with van der Waals surface area (Å²) in [5, 5.41) is 3.32. The molecular formula is C8H18N7O3-. The van der Waals surface area contributed by atoms with Crippen LogP contribution in [0, 0.1) is 0 Å². The number of nitrogens with zero attached hydrogens (tertiary/aromatic N) is 6. The maximum absolute atomic E-state index is 7.97. The molecule has 0 bridgehead atoms. The number of hydrogen-bond acceptors (Lipinski definition) is 5. The predicted octanol–water partition coefficient (Wildman–Crippen LogP) is 1.17. The number of nitrogens with two attached hydrogens (primary N) is 1. The zero-order valence-corrected chi connectivity index (χ0v) is 10.1. The van der Waals surface area contributed by atoms with Gasteiger partial charge in [-0.25, -0.2) is 0 Å². The van der Waals surface area contributed by atoms with Crippen LogP contribution in [0.1, 0.15) is 0 Å². The molecule has 0 heterocycles. The third kappa shape index (κ3) is 23.9. The van der Waals surface area contributed by atoms with Crippen LogP contribution >= 0.6 is 0 Å². The fourth-order valence-corrected chi connectivity index (χ4v) is 0.775. The highest BCUT2D eigenvalue weighted by atomic mass is 16.5. The molecule has 18 heavy (non-hydrogen) atoms. The number of rotatable bonds is 11. The van der Waals surface area contributed by atoms with E-state index in [0.29, 0.717) is 52.7 Å². The summed E-state index contributed by atoms with van der Waals surface area (Å²) in [6.45, 7) is 3.98. The van der Waals surface area contributed by atoms with Gasteiger partial charge in [0.2, 0.25) is 0 Å². The first-order chi connectivity index (χ1) is 8.83. The van der Waals surface area contributed by atoms with Gasteiger partial charge in [0.05, 0.1) is 39.6 Å². The average molecular weight is 260 g/mol. The average Bonchev–Trinajstić information content (AvgIpc) is 2.37. The molecule has 0 aromatic heterocycles. The van der Waals surface area contributed by atoms with Crippen LogP contribution in [0.3, 0.4) is 0 Å². The van der Waals surface area contributed by atoms with Gasteiger partial charge in [-0.3, -0.25) is 4.91 Å². The molecule has 0 aliphatic carbocycles. The molecule has 0 aromatic rings. The van der Waals surface area contributed by atoms with Crippen molar-refractivity contribution < 1.29 is 14.2 Å². The van der Waals surface area contributed by atoms with Crippen LogP contribution < -0.4 is 5.73 Å². The Labute approximate surface area is 105 Å². The first-order valence-electron chi connectivity index (χ1n) is 5.26. The van der Waals surface area contributed by atoms with Crippen molar-refractivity contribution >= 4 is 0 Å². The van der Waals surface area contributed by atoms with Gasteiger partial charge in [0.15, 0.2) is 0 Å². The van der Waals surface area contributed by atoms with Gasteiger partial charge in [0.25, 0.3) is 0 Å². The zero-order valence-electron chi connectivity index (χ0n) is 10.1. The first-order valence-corrected chi connectivity index (χ1v) is 5.26. The molecule has 2 N–H and O–H groups in total. The van der Waals surface area contributed by atoms with Crippen molar-refractivity contribution in [2.45, 2.75) is 0 Å². The lowest BCUT2D eigenvalue weighted by molar-refractivity contribution is 0.0175. The Bertz CT molecular complexity index is 239. The molecule has 0 rings (SSSR count). The second-order valence-corrected chi connectivity index (χ2v) is 2.67. The summed E-state index contributed by atoms with van der Waals surface area (Å²) in [5.74, 6) is 0. The SMILES string of the molecule is [N-]=[N+]=NCCOCCOCCOCCN.[N-]=[N+]=[N-]. The van der Waals surface area contributed by atoms with Crippen molar-refractivity contribution in [1.82, 2.24) is 0 Å². The smallest absolute Gasteiger partial charge is 0.0701 e. The molecule has 0 saturated carbocycles. The Morgan fingerprint density at radius 3 is 1.72 bits per heavy atom. The highest BCUT2D eigenvalue weighted by Crippen LogP contribution is 1.81. The van der Waals surface area contributed by atoms with Crippen LogP contribution in [0.2, 0.25) is 0 Å². The molecular weight excluding hydrogens is 242 g/mol. The lowest BCUT2D eigenvalue weighted by Gasteiger charge is -2.05. The van der Waals surface area contributed by atoms with E-state index in [0.717, 1.165) is 0 Å². The minimum absolute atomic E-state index is 0.357. The summed E-state index contributed by atoms with van der Waals surface area (Å²) in [7, 11) is 0. The Kier molecular flexibility index (Phi) is 21.8. The fraction of sp³-hybridized carbons (Fsp3) is 1.00. The molecule has 0 saturated heterocycles. The van der Waals surface area contributed by atoms with Crippen molar-refractivity contribution in [2.75, 3.05) is 52.7 Å². The van der Waals surface area contributed by atoms with E-state index in [9.17, 15) is 0 Å². The van der Waals surface area contributed by atoms with E-state index in [1.807, 2.05) is 0 Å². The molecule has 0 unspecified atom stereocenters. The fourth-order valence-electron chi connectivity index (χ4n) is 0.775. The second kappa shape index (κ2) is 20.8. The van der Waals surface area contributed by atoms with E-state index in [4.69, 9.17) is 36.5 Å². The van der Waals surface area contributed by atoms with Crippen LogP contribution in [0.15, 0.2) is 5.11 Å². The van der Waals surface area contributed by atoms with E-state index in [1.54, 1.807) is 0 Å². The van der Waals surface area contributed by atoms with E-state index in [-0.39, 0.29) is 0 Å². The van der Waals surface area contributed by atoms with Gasteiger partial charge in [-0.05, 0) is 5.53 Å². The Balaban J connectivity index is 0. The van der Waals surface area contributed by atoms with Crippen LogP contribution in [-0.4, -0.2) is 52.7 Å². The Hall–Kier alpha value is -1.54. The molecule has 0 spiro atoms. The van der Waals surface area contributed by atoms with Crippen LogP contribution in [-0.2, 0) is 14.2 Å². The molecule has 0 aliphatic heterocycles. The van der Waals surface area contributed by atoms with Gasteiger partial charge >= 0.3 is 0 Å². The van der Waals surface area contributed by atoms with E-state index in [2.05, 4.69) is 10.0 Å². The number of ether oxygens (including phenoxy) is 3. The van der Waals surface area contributed by atoms with Crippen molar-refractivity contribution in [1.29, 1.82) is 0 Å². The maximum atomic E-state index is 7.97. The summed E-state index contributed by atoms with van der Waals surface area (Å²) in [4.78, 5) is 4.10. The summed E-state index contributed by atoms with van der Waals surface area (Å²) >= 11 is 0.